The van der Waals surface area contributed by atoms with Crippen molar-refractivity contribution in [2.45, 2.75) is 39.2 Å². The molecule has 33 heavy (non-hydrogen) atoms. The average molecular weight is 478 g/mol. The summed E-state index contributed by atoms with van der Waals surface area (Å²) < 4.78 is 36.0. The van der Waals surface area contributed by atoms with Crippen molar-refractivity contribution in [3.63, 3.8) is 0 Å². The van der Waals surface area contributed by atoms with E-state index in [4.69, 9.17) is 14.0 Å². The summed E-state index contributed by atoms with van der Waals surface area (Å²) in [5.74, 6) is 1.21. The Bertz CT molecular complexity index is 1060. The van der Waals surface area contributed by atoms with Crippen molar-refractivity contribution in [3.8, 4) is 22.6 Å². The molecule has 9 nitrogen and oxygen atoms in total. The van der Waals surface area contributed by atoms with Crippen LogP contribution in [0.25, 0.3) is 11.1 Å². The van der Waals surface area contributed by atoms with Crippen molar-refractivity contribution in [3.05, 3.63) is 46.4 Å². The van der Waals surface area contributed by atoms with Crippen LogP contribution in [-0.4, -0.2) is 56.5 Å². The van der Waals surface area contributed by atoms with Crippen LogP contribution >= 0.6 is 0 Å². The molecule has 0 spiro atoms. The first kappa shape index (κ1) is 24.9. The minimum absolute atomic E-state index is 0.0354. The topological polar surface area (TPSA) is 110 Å². The third-order valence-corrected chi connectivity index (χ3v) is 6.10. The van der Waals surface area contributed by atoms with Crippen LogP contribution in [0.5, 0.6) is 11.5 Å². The highest BCUT2D eigenvalue weighted by molar-refractivity contribution is 7.77. The maximum absolute atomic E-state index is 12.2. The molecular formula is C23H31N3O6S. The average Bonchev–Trinajstić information content (AvgIpc) is 2.77. The summed E-state index contributed by atoms with van der Waals surface area (Å²) in [4.78, 5) is 25.7. The normalized spacial score (nSPS) is 15.3. The third-order valence-electron chi connectivity index (χ3n) is 5.64. The molecule has 3 rings (SSSR count). The largest absolute Gasteiger partial charge is 0.493 e. The van der Waals surface area contributed by atoms with Gasteiger partial charge in [-0.25, -0.2) is 8.93 Å². The lowest BCUT2D eigenvalue weighted by molar-refractivity contribution is -0.130. The molecular weight excluding hydrogens is 446 g/mol. The van der Waals surface area contributed by atoms with Gasteiger partial charge in [-0.05, 0) is 31.0 Å². The fourth-order valence-corrected chi connectivity index (χ4v) is 4.16. The SMILES string of the molecule is CCOc1cc(=O)n(C)cc1-c1cc(CCNS(=O)O)ccc1OC1CCN(C(C)=O)CC1. The number of carbonyl (C=O) groups is 1. The van der Waals surface area contributed by atoms with E-state index >= 15 is 0 Å². The van der Waals surface area contributed by atoms with Gasteiger partial charge in [-0.1, -0.05) is 6.07 Å². The molecule has 1 aliphatic rings. The van der Waals surface area contributed by atoms with E-state index in [1.807, 2.05) is 30.0 Å². The zero-order valence-corrected chi connectivity index (χ0v) is 20.0. The number of carbonyl (C=O) groups excluding carboxylic acids is 1. The van der Waals surface area contributed by atoms with E-state index in [2.05, 4.69) is 4.72 Å². The summed E-state index contributed by atoms with van der Waals surface area (Å²) in [6.07, 6.45) is 3.70. The van der Waals surface area contributed by atoms with Crippen molar-refractivity contribution >= 4 is 17.2 Å². The zero-order chi connectivity index (χ0) is 24.0. The number of hydrogen-bond donors (Lipinski definition) is 2. The standard InChI is InChI=1S/C23H31N3O6S/c1-4-31-22-14-23(28)25(3)15-20(22)19-13-17(7-10-24-33(29)30)5-6-21(19)32-18-8-11-26(12-9-18)16(2)27/h5-6,13-15,18,24H,4,7-12H2,1-3H3,(H,29,30). The van der Waals surface area contributed by atoms with E-state index in [1.165, 1.54) is 10.6 Å². The smallest absolute Gasteiger partial charge is 0.254 e. The van der Waals surface area contributed by atoms with E-state index < -0.39 is 11.3 Å². The van der Waals surface area contributed by atoms with Gasteiger partial charge >= 0.3 is 0 Å². The summed E-state index contributed by atoms with van der Waals surface area (Å²) in [6.45, 7) is 5.49. The van der Waals surface area contributed by atoms with E-state index in [0.29, 0.717) is 44.2 Å². The molecule has 1 fully saturated rings. The molecule has 0 saturated carbocycles. The number of piperidine rings is 1. The van der Waals surface area contributed by atoms with Crippen LogP contribution in [0.3, 0.4) is 0 Å². The van der Waals surface area contributed by atoms with Gasteiger partial charge in [0.1, 0.15) is 17.6 Å². The van der Waals surface area contributed by atoms with Gasteiger partial charge in [0.25, 0.3) is 5.56 Å². The molecule has 1 saturated heterocycles. The Morgan fingerprint density at radius 1 is 1.21 bits per heavy atom. The molecule has 2 aromatic rings. The molecule has 0 radical (unpaired) electrons. The molecule has 1 aromatic carbocycles. The number of rotatable bonds is 9. The molecule has 1 aliphatic heterocycles. The number of likely N-dealkylation sites (tertiary alicyclic amines) is 1. The molecule has 1 atom stereocenters. The Hall–Kier alpha value is -2.69. The first-order chi connectivity index (χ1) is 15.8. The van der Waals surface area contributed by atoms with Gasteiger partial charge in [0.15, 0.2) is 0 Å². The number of ether oxygens (including phenoxy) is 2. The maximum Gasteiger partial charge on any atom is 0.254 e. The number of benzene rings is 1. The second kappa shape index (κ2) is 11.4. The van der Waals surface area contributed by atoms with E-state index in [-0.39, 0.29) is 17.6 Å². The maximum atomic E-state index is 12.2. The van der Waals surface area contributed by atoms with Gasteiger partial charge in [-0.15, -0.1) is 0 Å². The highest BCUT2D eigenvalue weighted by Crippen LogP contribution is 2.37. The molecule has 1 amide bonds. The molecule has 1 aromatic heterocycles. The minimum Gasteiger partial charge on any atom is -0.493 e. The van der Waals surface area contributed by atoms with Crippen LogP contribution < -0.4 is 19.8 Å². The monoisotopic (exact) mass is 477 g/mol. The van der Waals surface area contributed by atoms with Crippen LogP contribution in [0.2, 0.25) is 0 Å². The summed E-state index contributed by atoms with van der Waals surface area (Å²) in [5, 5.41) is 0. The molecule has 180 valence electrons. The van der Waals surface area contributed by atoms with Crippen LogP contribution in [-0.2, 0) is 29.5 Å². The Morgan fingerprint density at radius 3 is 2.58 bits per heavy atom. The van der Waals surface area contributed by atoms with Gasteiger partial charge in [-0.3, -0.25) is 14.1 Å². The zero-order valence-electron chi connectivity index (χ0n) is 19.2. The molecule has 2 heterocycles. The molecule has 2 N–H and O–H groups in total. The van der Waals surface area contributed by atoms with Crippen LogP contribution in [0.15, 0.2) is 35.3 Å². The van der Waals surface area contributed by atoms with Gasteiger partial charge in [-0.2, -0.15) is 0 Å². The molecule has 1 unspecified atom stereocenters. The van der Waals surface area contributed by atoms with E-state index in [9.17, 15) is 13.8 Å². The number of aromatic nitrogens is 1. The predicted molar refractivity (Wildman–Crippen MR) is 127 cm³/mol. The summed E-state index contributed by atoms with van der Waals surface area (Å²) >= 11 is -2.07. The Kier molecular flexibility index (Phi) is 8.65. The lowest BCUT2D eigenvalue weighted by atomic mass is 10.00. The highest BCUT2D eigenvalue weighted by atomic mass is 32.2. The first-order valence-corrected chi connectivity index (χ1v) is 12.1. The number of nitrogens with one attached hydrogen (secondary N) is 1. The Morgan fingerprint density at radius 2 is 1.94 bits per heavy atom. The first-order valence-electron chi connectivity index (χ1n) is 11.0. The molecule has 0 aliphatic carbocycles. The molecule has 0 bridgehead atoms. The lowest BCUT2D eigenvalue weighted by Gasteiger charge is -2.32. The second-order valence-electron chi connectivity index (χ2n) is 7.98. The quantitative estimate of drug-likeness (QED) is 0.536. The van der Waals surface area contributed by atoms with Crippen molar-refractivity contribution in [1.82, 2.24) is 14.2 Å². The van der Waals surface area contributed by atoms with Crippen molar-refractivity contribution in [2.75, 3.05) is 26.2 Å². The van der Waals surface area contributed by atoms with Gasteiger partial charge < -0.3 is 18.9 Å². The number of nitrogens with zero attached hydrogens (tertiary/aromatic N) is 2. The number of aryl methyl sites for hydroxylation is 1. The van der Waals surface area contributed by atoms with Crippen molar-refractivity contribution in [2.24, 2.45) is 7.05 Å². The summed E-state index contributed by atoms with van der Waals surface area (Å²) in [7, 11) is 1.68. The van der Waals surface area contributed by atoms with E-state index in [0.717, 1.165) is 29.5 Å². The second-order valence-corrected chi connectivity index (χ2v) is 8.77. The summed E-state index contributed by atoms with van der Waals surface area (Å²) in [5.41, 5.74) is 2.28. The minimum atomic E-state index is -2.07. The van der Waals surface area contributed by atoms with Gasteiger partial charge in [0, 0.05) is 69.8 Å². The predicted octanol–water partition coefficient (Wildman–Crippen LogP) is 2.11. The number of pyridine rings is 1. The Labute approximate surface area is 196 Å². The number of hydrogen-bond acceptors (Lipinski definition) is 5. The van der Waals surface area contributed by atoms with Crippen LogP contribution in [0, 0.1) is 0 Å². The van der Waals surface area contributed by atoms with Crippen LogP contribution in [0.4, 0.5) is 0 Å². The highest BCUT2D eigenvalue weighted by Gasteiger charge is 2.24. The van der Waals surface area contributed by atoms with Crippen LogP contribution in [0.1, 0.15) is 32.3 Å². The fourth-order valence-electron chi connectivity index (χ4n) is 3.89. The number of amides is 1. The third kappa shape index (κ3) is 6.66. The van der Waals surface area contributed by atoms with E-state index in [1.54, 1.807) is 20.2 Å². The van der Waals surface area contributed by atoms with Crippen molar-refractivity contribution < 1.29 is 23.0 Å². The van der Waals surface area contributed by atoms with Gasteiger partial charge in [0.05, 0.1) is 6.61 Å². The van der Waals surface area contributed by atoms with Gasteiger partial charge in [0.2, 0.25) is 17.2 Å². The lowest BCUT2D eigenvalue weighted by Crippen LogP contribution is -2.40. The van der Waals surface area contributed by atoms with Crippen molar-refractivity contribution in [1.29, 1.82) is 0 Å². The fraction of sp³-hybridized carbons (Fsp3) is 0.478. The summed E-state index contributed by atoms with van der Waals surface area (Å²) in [6, 6.07) is 7.24. The Balaban J connectivity index is 1.95. The molecule has 10 heteroatoms.